The lowest BCUT2D eigenvalue weighted by Crippen LogP contribution is -2.28. The quantitative estimate of drug-likeness (QED) is 0.476. The number of carbonyl (C=O) groups is 2. The fourth-order valence-electron chi connectivity index (χ4n) is 2.68. The highest BCUT2D eigenvalue weighted by atomic mass is 19.4. The summed E-state index contributed by atoms with van der Waals surface area (Å²) in [6.07, 6.45) is -2.70. The summed E-state index contributed by atoms with van der Waals surface area (Å²) in [7, 11) is 0. The number of amides is 1. The van der Waals surface area contributed by atoms with Gasteiger partial charge >= 0.3 is 12.1 Å². The van der Waals surface area contributed by atoms with Crippen LogP contribution >= 0.6 is 0 Å². The van der Waals surface area contributed by atoms with Crippen molar-refractivity contribution < 1.29 is 33.0 Å². The number of nitrogen functional groups attached to an aromatic ring is 1. The summed E-state index contributed by atoms with van der Waals surface area (Å²) in [5, 5.41) is 20.6. The molecule has 0 radical (unpaired) electrons. The van der Waals surface area contributed by atoms with Crippen molar-refractivity contribution in [2.24, 2.45) is 0 Å². The average molecular weight is 423 g/mol. The highest BCUT2D eigenvalue weighted by Crippen LogP contribution is 2.35. The van der Waals surface area contributed by atoms with E-state index in [0.29, 0.717) is 11.2 Å². The fourth-order valence-corrected chi connectivity index (χ4v) is 2.68. The number of aliphatic carboxylic acids is 1. The van der Waals surface area contributed by atoms with Gasteiger partial charge in [-0.3, -0.25) is 9.59 Å². The van der Waals surface area contributed by atoms with Crippen molar-refractivity contribution in [2.75, 3.05) is 11.1 Å². The first-order valence-electron chi connectivity index (χ1n) is 8.57. The van der Waals surface area contributed by atoms with Gasteiger partial charge in [0, 0.05) is 29.9 Å². The predicted octanol–water partition coefficient (Wildman–Crippen LogP) is 2.16. The van der Waals surface area contributed by atoms with Crippen molar-refractivity contribution in [3.8, 4) is 11.1 Å². The highest BCUT2D eigenvalue weighted by Gasteiger charge is 2.34. The zero-order valence-corrected chi connectivity index (χ0v) is 15.2. The van der Waals surface area contributed by atoms with Crippen LogP contribution in [-0.2, 0) is 15.8 Å². The van der Waals surface area contributed by atoms with Crippen molar-refractivity contribution in [3.63, 3.8) is 0 Å². The van der Waals surface area contributed by atoms with Crippen LogP contribution in [0.15, 0.2) is 36.8 Å². The van der Waals surface area contributed by atoms with E-state index in [4.69, 9.17) is 10.8 Å². The molecule has 0 spiro atoms. The van der Waals surface area contributed by atoms with Crippen LogP contribution in [-0.4, -0.2) is 42.6 Å². The van der Waals surface area contributed by atoms with Crippen molar-refractivity contribution in [3.05, 3.63) is 42.4 Å². The molecule has 9 nitrogen and oxygen atoms in total. The van der Waals surface area contributed by atoms with E-state index in [1.54, 1.807) is 0 Å². The first-order valence-corrected chi connectivity index (χ1v) is 8.57. The van der Waals surface area contributed by atoms with Gasteiger partial charge in [-0.25, -0.2) is 9.97 Å². The summed E-state index contributed by atoms with van der Waals surface area (Å²) in [5.41, 5.74) is 5.23. The van der Waals surface area contributed by atoms with E-state index < -0.39 is 35.5 Å². The molecule has 0 aromatic carbocycles. The maximum Gasteiger partial charge on any atom is 0.419 e. The Morgan fingerprint density at radius 2 is 1.97 bits per heavy atom. The third-order valence-electron chi connectivity index (χ3n) is 4.19. The van der Waals surface area contributed by atoms with Gasteiger partial charge in [-0.05, 0) is 24.6 Å². The number of aliphatic hydroxyl groups excluding tert-OH is 1. The van der Waals surface area contributed by atoms with Crippen LogP contribution in [0.25, 0.3) is 16.8 Å². The minimum Gasteiger partial charge on any atom is -0.481 e. The van der Waals surface area contributed by atoms with E-state index in [1.165, 1.54) is 35.1 Å². The third kappa shape index (κ3) is 4.66. The van der Waals surface area contributed by atoms with E-state index in [9.17, 15) is 27.9 Å². The van der Waals surface area contributed by atoms with Gasteiger partial charge in [0.25, 0.3) is 5.91 Å². The third-order valence-corrected chi connectivity index (χ3v) is 4.19. The molecule has 0 saturated carbocycles. The van der Waals surface area contributed by atoms with Crippen LogP contribution < -0.4 is 11.1 Å². The molecule has 0 saturated heterocycles. The number of rotatable bonds is 6. The lowest BCUT2D eigenvalue weighted by molar-refractivity contribution is -0.138. The number of aromatic nitrogens is 3. The topological polar surface area (TPSA) is 143 Å². The molecule has 12 heteroatoms. The molecule has 30 heavy (non-hydrogen) atoms. The maximum absolute atomic E-state index is 13.1. The van der Waals surface area contributed by atoms with Crippen LogP contribution in [0.3, 0.4) is 0 Å². The number of nitrogens with one attached hydrogen (secondary N) is 1. The van der Waals surface area contributed by atoms with Crippen LogP contribution in [0.1, 0.15) is 18.4 Å². The second kappa shape index (κ2) is 7.99. The standard InChI is InChI=1S/C18H16F3N5O4/c19-18(20,21)11-5-10(6-23-16(11)22)9-1-3-14-24-13(8-26(14)7-9)25-17(30)12(27)2-4-15(28)29/h1,3,5-8,12,27H,2,4H2,(H2,22,23)(H,25,30)(H,28,29). The summed E-state index contributed by atoms with van der Waals surface area (Å²) in [6.45, 7) is 0. The summed E-state index contributed by atoms with van der Waals surface area (Å²) in [5.74, 6) is -2.51. The largest absolute Gasteiger partial charge is 0.481 e. The molecule has 0 aliphatic carbocycles. The number of carboxylic acid groups (broad SMARTS) is 1. The highest BCUT2D eigenvalue weighted by molar-refractivity contribution is 5.93. The molecule has 0 aliphatic heterocycles. The Bertz CT molecular complexity index is 1110. The van der Waals surface area contributed by atoms with Crippen LogP contribution in [0.4, 0.5) is 24.8 Å². The Kier molecular flexibility index (Phi) is 5.60. The van der Waals surface area contributed by atoms with Gasteiger partial charge < -0.3 is 25.7 Å². The smallest absolute Gasteiger partial charge is 0.419 e. The number of hydrogen-bond acceptors (Lipinski definition) is 6. The Hall–Kier alpha value is -3.67. The Balaban J connectivity index is 1.83. The molecule has 1 atom stereocenters. The first-order chi connectivity index (χ1) is 14.0. The zero-order chi connectivity index (χ0) is 22.1. The first kappa shape index (κ1) is 21.0. The van der Waals surface area contributed by atoms with Gasteiger partial charge in [0.15, 0.2) is 5.82 Å². The minimum absolute atomic E-state index is 0.0814. The monoisotopic (exact) mass is 423 g/mol. The number of pyridine rings is 2. The molecule has 3 heterocycles. The molecule has 3 aromatic heterocycles. The summed E-state index contributed by atoms with van der Waals surface area (Å²) in [4.78, 5) is 30.2. The summed E-state index contributed by atoms with van der Waals surface area (Å²) >= 11 is 0. The normalized spacial score (nSPS) is 12.7. The number of anilines is 2. The van der Waals surface area contributed by atoms with Crippen LogP contribution in [0.2, 0.25) is 0 Å². The van der Waals surface area contributed by atoms with Crippen LogP contribution in [0, 0.1) is 0 Å². The number of fused-ring (bicyclic) bond motifs is 1. The molecule has 1 amide bonds. The van der Waals surface area contributed by atoms with E-state index in [0.717, 1.165) is 6.07 Å². The van der Waals surface area contributed by atoms with E-state index in [2.05, 4.69) is 15.3 Å². The second-order valence-electron chi connectivity index (χ2n) is 6.40. The van der Waals surface area contributed by atoms with Gasteiger partial charge in [0.2, 0.25) is 0 Å². The number of halogens is 3. The maximum atomic E-state index is 13.1. The van der Waals surface area contributed by atoms with Crippen molar-refractivity contribution in [2.45, 2.75) is 25.1 Å². The minimum atomic E-state index is -4.65. The zero-order valence-electron chi connectivity index (χ0n) is 15.2. The number of carbonyl (C=O) groups excluding carboxylic acids is 1. The molecule has 0 fully saturated rings. The van der Waals surface area contributed by atoms with Crippen molar-refractivity contribution >= 4 is 29.2 Å². The van der Waals surface area contributed by atoms with E-state index in [1.807, 2.05) is 0 Å². The van der Waals surface area contributed by atoms with Gasteiger partial charge in [-0.15, -0.1) is 0 Å². The van der Waals surface area contributed by atoms with Gasteiger partial charge in [-0.2, -0.15) is 13.2 Å². The Morgan fingerprint density at radius 1 is 1.23 bits per heavy atom. The number of nitrogens with zero attached hydrogens (tertiary/aromatic N) is 3. The summed E-state index contributed by atoms with van der Waals surface area (Å²) < 4.78 is 40.6. The molecule has 3 aromatic rings. The van der Waals surface area contributed by atoms with Crippen molar-refractivity contribution in [1.29, 1.82) is 0 Å². The van der Waals surface area contributed by atoms with Crippen molar-refractivity contribution in [1.82, 2.24) is 14.4 Å². The number of alkyl halides is 3. The van der Waals surface area contributed by atoms with Gasteiger partial charge in [0.1, 0.15) is 17.6 Å². The molecule has 0 aliphatic rings. The van der Waals surface area contributed by atoms with Crippen LogP contribution in [0.5, 0.6) is 0 Å². The lowest BCUT2D eigenvalue weighted by Gasteiger charge is -2.11. The molecule has 158 valence electrons. The molecule has 1 unspecified atom stereocenters. The number of imidazole rings is 1. The Labute approximate surface area is 167 Å². The second-order valence-corrected chi connectivity index (χ2v) is 6.40. The van der Waals surface area contributed by atoms with E-state index >= 15 is 0 Å². The molecular formula is C18H16F3N5O4. The van der Waals surface area contributed by atoms with Gasteiger partial charge in [0.05, 0.1) is 11.8 Å². The number of hydrogen-bond donors (Lipinski definition) is 4. The number of nitrogens with two attached hydrogens (primary N) is 1. The number of carboxylic acids is 1. The number of aliphatic hydroxyl groups is 1. The molecule has 5 N–H and O–H groups in total. The molecule has 3 rings (SSSR count). The van der Waals surface area contributed by atoms with E-state index in [-0.39, 0.29) is 24.2 Å². The molecular weight excluding hydrogens is 407 g/mol. The lowest BCUT2D eigenvalue weighted by atomic mass is 10.1. The molecule has 0 bridgehead atoms. The Morgan fingerprint density at radius 3 is 2.63 bits per heavy atom. The fraction of sp³-hybridized carbons (Fsp3) is 0.222. The van der Waals surface area contributed by atoms with Gasteiger partial charge in [-0.1, -0.05) is 0 Å². The SMILES string of the molecule is Nc1ncc(-c2ccc3nc(NC(=O)C(O)CCC(=O)O)cn3c2)cc1C(F)(F)F. The predicted molar refractivity (Wildman–Crippen MR) is 99.3 cm³/mol. The average Bonchev–Trinajstić information content (AvgIpc) is 3.06. The summed E-state index contributed by atoms with van der Waals surface area (Å²) in [6, 6.07) is 3.94.